The molecular weight excluding hydrogens is 178 g/mol. The number of rotatable bonds is 3. The summed E-state index contributed by atoms with van der Waals surface area (Å²) in [5.74, 6) is -0.130. The van der Waals surface area contributed by atoms with Crippen molar-refractivity contribution in [1.82, 2.24) is 4.98 Å². The van der Waals surface area contributed by atoms with Crippen molar-refractivity contribution >= 4 is 17.6 Å². The van der Waals surface area contributed by atoms with Crippen molar-refractivity contribution in [2.75, 3.05) is 12.5 Å². The molecular formula is C8H8ClNO2. The van der Waals surface area contributed by atoms with E-state index in [-0.39, 0.29) is 6.61 Å². The predicted molar refractivity (Wildman–Crippen MR) is 45.2 cm³/mol. The van der Waals surface area contributed by atoms with Crippen molar-refractivity contribution in [3.8, 4) is 0 Å². The summed E-state index contributed by atoms with van der Waals surface area (Å²) in [6.45, 7) is 0.219. The minimum atomic E-state index is -0.434. The van der Waals surface area contributed by atoms with E-state index in [1.165, 1.54) is 6.20 Å². The van der Waals surface area contributed by atoms with Gasteiger partial charge < -0.3 is 4.74 Å². The second-order valence-electron chi connectivity index (χ2n) is 2.04. The van der Waals surface area contributed by atoms with Crippen LogP contribution in [-0.4, -0.2) is 23.4 Å². The van der Waals surface area contributed by atoms with Crippen molar-refractivity contribution in [1.29, 1.82) is 0 Å². The van der Waals surface area contributed by atoms with Crippen LogP contribution in [-0.2, 0) is 4.74 Å². The number of alkyl halides is 1. The van der Waals surface area contributed by atoms with Crippen LogP contribution in [0.5, 0.6) is 0 Å². The number of esters is 1. The molecule has 0 saturated carbocycles. The lowest BCUT2D eigenvalue weighted by Gasteiger charge is -1.99. The molecule has 1 heterocycles. The van der Waals surface area contributed by atoms with Crippen LogP contribution in [0, 0.1) is 0 Å². The van der Waals surface area contributed by atoms with Gasteiger partial charge in [-0.1, -0.05) is 6.07 Å². The molecule has 12 heavy (non-hydrogen) atoms. The van der Waals surface area contributed by atoms with Gasteiger partial charge in [0.1, 0.15) is 12.3 Å². The molecule has 1 rings (SSSR count). The van der Waals surface area contributed by atoms with Crippen LogP contribution in [0.3, 0.4) is 0 Å². The van der Waals surface area contributed by atoms with E-state index >= 15 is 0 Å². The maximum absolute atomic E-state index is 11.1. The molecule has 0 fully saturated rings. The molecule has 0 radical (unpaired) electrons. The van der Waals surface area contributed by atoms with Crippen LogP contribution in [0.1, 0.15) is 10.5 Å². The van der Waals surface area contributed by atoms with E-state index in [1.807, 2.05) is 0 Å². The molecule has 0 unspecified atom stereocenters. The molecule has 0 atom stereocenters. The highest BCUT2D eigenvalue weighted by Gasteiger charge is 2.05. The highest BCUT2D eigenvalue weighted by Crippen LogP contribution is 1.96. The molecule has 0 aliphatic carbocycles. The van der Waals surface area contributed by atoms with Crippen LogP contribution in [0.25, 0.3) is 0 Å². The van der Waals surface area contributed by atoms with Crippen molar-refractivity contribution in [2.24, 2.45) is 0 Å². The number of hydrogen-bond donors (Lipinski definition) is 0. The molecule has 4 heteroatoms. The Kier molecular flexibility index (Phi) is 3.54. The van der Waals surface area contributed by atoms with Crippen molar-refractivity contribution in [2.45, 2.75) is 0 Å². The first-order valence-electron chi connectivity index (χ1n) is 3.48. The van der Waals surface area contributed by atoms with Crippen LogP contribution in [0.15, 0.2) is 24.4 Å². The van der Waals surface area contributed by atoms with E-state index in [0.717, 1.165) is 0 Å². The topological polar surface area (TPSA) is 39.2 Å². The summed E-state index contributed by atoms with van der Waals surface area (Å²) in [6, 6.07) is 5.05. The van der Waals surface area contributed by atoms with Crippen LogP contribution < -0.4 is 0 Å². The van der Waals surface area contributed by atoms with Gasteiger partial charge in [0.05, 0.1) is 5.88 Å². The number of pyridine rings is 1. The number of halogens is 1. The Hall–Kier alpha value is -1.09. The molecule has 0 bridgehead atoms. The largest absolute Gasteiger partial charge is 0.460 e. The summed E-state index contributed by atoms with van der Waals surface area (Å²) in [7, 11) is 0. The van der Waals surface area contributed by atoms with Gasteiger partial charge in [-0.05, 0) is 12.1 Å². The van der Waals surface area contributed by atoms with Crippen LogP contribution in [0.2, 0.25) is 0 Å². The van der Waals surface area contributed by atoms with Gasteiger partial charge in [-0.3, -0.25) is 0 Å². The molecule has 0 aliphatic heterocycles. The Bertz CT molecular complexity index is 250. The van der Waals surface area contributed by atoms with Gasteiger partial charge >= 0.3 is 5.97 Å². The highest BCUT2D eigenvalue weighted by atomic mass is 35.5. The first-order chi connectivity index (χ1) is 5.84. The second-order valence-corrected chi connectivity index (χ2v) is 2.42. The Morgan fingerprint density at radius 1 is 1.58 bits per heavy atom. The van der Waals surface area contributed by atoms with Crippen molar-refractivity contribution in [3.05, 3.63) is 30.1 Å². The molecule has 0 saturated heterocycles. The van der Waals surface area contributed by atoms with Gasteiger partial charge in [-0.15, -0.1) is 11.6 Å². The van der Waals surface area contributed by atoms with Crippen molar-refractivity contribution in [3.63, 3.8) is 0 Å². The fourth-order valence-corrected chi connectivity index (χ4v) is 0.766. The lowest BCUT2D eigenvalue weighted by Crippen LogP contribution is -2.08. The Morgan fingerprint density at radius 2 is 2.42 bits per heavy atom. The lowest BCUT2D eigenvalue weighted by molar-refractivity contribution is 0.0522. The lowest BCUT2D eigenvalue weighted by atomic mass is 10.4. The fraction of sp³-hybridized carbons (Fsp3) is 0.250. The van der Waals surface area contributed by atoms with Gasteiger partial charge in [0.2, 0.25) is 0 Å². The molecule has 0 spiro atoms. The number of carbonyl (C=O) groups excluding carboxylic acids is 1. The average molecular weight is 186 g/mol. The summed E-state index contributed by atoms with van der Waals surface area (Å²) in [6.07, 6.45) is 1.54. The number of nitrogens with zero attached hydrogens (tertiary/aromatic N) is 1. The molecule has 0 N–H and O–H groups in total. The van der Waals surface area contributed by atoms with Crippen LogP contribution >= 0.6 is 11.6 Å². The zero-order valence-electron chi connectivity index (χ0n) is 6.37. The van der Waals surface area contributed by atoms with Gasteiger partial charge in [0.25, 0.3) is 0 Å². The monoisotopic (exact) mass is 185 g/mol. The smallest absolute Gasteiger partial charge is 0.356 e. The third-order valence-electron chi connectivity index (χ3n) is 1.18. The minimum Gasteiger partial charge on any atom is -0.460 e. The molecule has 0 amide bonds. The first-order valence-corrected chi connectivity index (χ1v) is 4.02. The minimum absolute atomic E-state index is 0.219. The highest BCUT2D eigenvalue weighted by molar-refractivity contribution is 6.18. The molecule has 0 aliphatic rings. The second kappa shape index (κ2) is 4.72. The summed E-state index contributed by atoms with van der Waals surface area (Å²) >= 11 is 5.34. The zero-order chi connectivity index (χ0) is 8.81. The molecule has 0 aromatic carbocycles. The standard InChI is InChI=1S/C8H8ClNO2/c9-4-6-12-8(11)7-3-1-2-5-10-7/h1-3,5H,4,6H2. The van der Waals surface area contributed by atoms with Crippen LogP contribution in [0.4, 0.5) is 0 Å². The predicted octanol–water partition coefficient (Wildman–Crippen LogP) is 1.48. The third-order valence-corrected chi connectivity index (χ3v) is 1.34. The Balaban J connectivity index is 2.54. The Labute approximate surface area is 75.3 Å². The molecule has 1 aromatic heterocycles. The maximum Gasteiger partial charge on any atom is 0.356 e. The molecule has 3 nitrogen and oxygen atoms in total. The van der Waals surface area contributed by atoms with E-state index in [1.54, 1.807) is 18.2 Å². The number of ether oxygens (including phenoxy) is 1. The van der Waals surface area contributed by atoms with E-state index in [0.29, 0.717) is 11.6 Å². The normalized spacial score (nSPS) is 9.42. The quantitative estimate of drug-likeness (QED) is 0.529. The third kappa shape index (κ3) is 2.51. The van der Waals surface area contributed by atoms with Gasteiger partial charge in [-0.2, -0.15) is 0 Å². The maximum atomic E-state index is 11.1. The van der Waals surface area contributed by atoms with Crippen molar-refractivity contribution < 1.29 is 9.53 Å². The van der Waals surface area contributed by atoms with Gasteiger partial charge in [-0.25, -0.2) is 9.78 Å². The number of hydrogen-bond acceptors (Lipinski definition) is 3. The average Bonchev–Trinajstić information content (AvgIpc) is 2.15. The van der Waals surface area contributed by atoms with E-state index in [4.69, 9.17) is 16.3 Å². The van der Waals surface area contributed by atoms with E-state index < -0.39 is 5.97 Å². The summed E-state index contributed by atoms with van der Waals surface area (Å²) in [5.41, 5.74) is 0.308. The number of aromatic nitrogens is 1. The van der Waals surface area contributed by atoms with Gasteiger partial charge in [0, 0.05) is 6.20 Å². The molecule has 64 valence electrons. The van der Waals surface area contributed by atoms with E-state index in [9.17, 15) is 4.79 Å². The number of carbonyl (C=O) groups is 1. The zero-order valence-corrected chi connectivity index (χ0v) is 7.12. The summed E-state index contributed by atoms with van der Waals surface area (Å²) in [5, 5.41) is 0. The summed E-state index contributed by atoms with van der Waals surface area (Å²) < 4.78 is 4.74. The Morgan fingerprint density at radius 3 is 3.00 bits per heavy atom. The van der Waals surface area contributed by atoms with E-state index in [2.05, 4.69) is 4.98 Å². The SMILES string of the molecule is O=C(OCCCl)c1ccccn1. The fourth-order valence-electron chi connectivity index (χ4n) is 0.689. The van der Waals surface area contributed by atoms with Gasteiger partial charge in [0.15, 0.2) is 0 Å². The first kappa shape index (κ1) is 9.00. The summed E-state index contributed by atoms with van der Waals surface area (Å²) in [4.78, 5) is 14.9. The molecule has 1 aromatic rings.